The summed E-state index contributed by atoms with van der Waals surface area (Å²) in [6.07, 6.45) is 0.677. The number of carbonyl (C=O) groups is 1. The summed E-state index contributed by atoms with van der Waals surface area (Å²) in [5.41, 5.74) is 8.39. The molecular formula is C20H24ClN3O2. The van der Waals surface area contributed by atoms with Crippen molar-refractivity contribution >= 4 is 17.5 Å². The second-order valence-corrected chi connectivity index (χ2v) is 6.86. The molecule has 3 rings (SSSR count). The number of hydrazine groups is 1. The first-order chi connectivity index (χ1) is 12.6. The van der Waals surface area contributed by atoms with E-state index in [4.69, 9.17) is 16.3 Å². The third kappa shape index (κ3) is 4.36. The van der Waals surface area contributed by atoms with Crippen molar-refractivity contribution in [2.45, 2.75) is 32.0 Å². The summed E-state index contributed by atoms with van der Waals surface area (Å²) in [4.78, 5) is 14.6. The fourth-order valence-electron chi connectivity index (χ4n) is 3.19. The van der Waals surface area contributed by atoms with Crippen molar-refractivity contribution in [3.8, 4) is 5.75 Å². The molecule has 2 atom stereocenters. The number of amides is 1. The van der Waals surface area contributed by atoms with E-state index in [1.54, 1.807) is 4.90 Å². The zero-order valence-corrected chi connectivity index (χ0v) is 15.8. The summed E-state index contributed by atoms with van der Waals surface area (Å²) < 4.78 is 5.65. The lowest BCUT2D eigenvalue weighted by Gasteiger charge is -2.22. The van der Waals surface area contributed by atoms with Crippen molar-refractivity contribution in [2.24, 2.45) is 0 Å². The van der Waals surface area contributed by atoms with Crippen LogP contribution in [-0.4, -0.2) is 30.5 Å². The van der Waals surface area contributed by atoms with E-state index in [-0.39, 0.29) is 18.0 Å². The second-order valence-electron chi connectivity index (χ2n) is 6.42. The summed E-state index contributed by atoms with van der Waals surface area (Å²) in [6, 6.07) is 15.3. The van der Waals surface area contributed by atoms with Gasteiger partial charge in [-0.25, -0.2) is 10.9 Å². The SMILES string of the molecule is CCOc1ccccc1CN(C)C(=O)C1CC(c2cccc(Cl)c2)NN1. The third-order valence-corrected chi connectivity index (χ3v) is 4.74. The normalized spacial score (nSPS) is 19.3. The van der Waals surface area contributed by atoms with E-state index >= 15 is 0 Å². The van der Waals surface area contributed by atoms with E-state index in [2.05, 4.69) is 10.9 Å². The number of halogens is 1. The Kier molecular flexibility index (Phi) is 6.14. The van der Waals surface area contributed by atoms with Crippen LogP contribution in [0.5, 0.6) is 5.75 Å². The Morgan fingerprint density at radius 3 is 2.81 bits per heavy atom. The Labute approximate surface area is 159 Å². The molecule has 1 saturated heterocycles. The minimum absolute atomic E-state index is 0.0494. The Hall–Kier alpha value is -2.08. The molecule has 2 aromatic rings. The van der Waals surface area contributed by atoms with Crippen LogP contribution in [0.3, 0.4) is 0 Å². The van der Waals surface area contributed by atoms with Crippen LogP contribution in [0.25, 0.3) is 0 Å². The van der Waals surface area contributed by atoms with Crippen molar-refractivity contribution in [1.29, 1.82) is 0 Å². The van der Waals surface area contributed by atoms with E-state index in [0.717, 1.165) is 16.9 Å². The zero-order chi connectivity index (χ0) is 18.5. The van der Waals surface area contributed by atoms with Gasteiger partial charge in [0.2, 0.25) is 5.91 Å². The highest BCUT2D eigenvalue weighted by atomic mass is 35.5. The van der Waals surface area contributed by atoms with Crippen LogP contribution in [0, 0.1) is 0 Å². The number of hydrogen-bond acceptors (Lipinski definition) is 4. The number of nitrogens with zero attached hydrogens (tertiary/aromatic N) is 1. The molecule has 2 unspecified atom stereocenters. The van der Waals surface area contributed by atoms with E-state index < -0.39 is 0 Å². The Morgan fingerprint density at radius 2 is 2.04 bits per heavy atom. The quantitative estimate of drug-likeness (QED) is 0.815. The van der Waals surface area contributed by atoms with E-state index in [1.807, 2.05) is 62.5 Å². The molecule has 6 heteroatoms. The van der Waals surface area contributed by atoms with Gasteiger partial charge in [0.05, 0.1) is 6.61 Å². The number of ether oxygens (including phenoxy) is 1. The summed E-state index contributed by atoms with van der Waals surface area (Å²) in [5, 5.41) is 0.698. The predicted molar refractivity (Wildman–Crippen MR) is 103 cm³/mol. The molecule has 0 aliphatic carbocycles. The van der Waals surface area contributed by atoms with E-state index in [9.17, 15) is 4.79 Å². The second kappa shape index (κ2) is 8.54. The Morgan fingerprint density at radius 1 is 1.23 bits per heavy atom. The minimum Gasteiger partial charge on any atom is -0.494 e. The number of rotatable bonds is 6. The maximum Gasteiger partial charge on any atom is 0.241 e. The van der Waals surface area contributed by atoms with Gasteiger partial charge in [0.15, 0.2) is 0 Å². The first-order valence-electron chi connectivity index (χ1n) is 8.80. The van der Waals surface area contributed by atoms with Gasteiger partial charge < -0.3 is 9.64 Å². The largest absolute Gasteiger partial charge is 0.494 e. The predicted octanol–water partition coefficient (Wildman–Crippen LogP) is 3.30. The first kappa shape index (κ1) is 18.7. The molecule has 0 spiro atoms. The summed E-state index contributed by atoms with van der Waals surface area (Å²) in [6.45, 7) is 3.06. The molecule has 138 valence electrons. The van der Waals surface area contributed by atoms with Crippen molar-refractivity contribution in [2.75, 3.05) is 13.7 Å². The molecule has 5 nitrogen and oxygen atoms in total. The average Bonchev–Trinajstić information content (AvgIpc) is 3.13. The van der Waals surface area contributed by atoms with Gasteiger partial charge in [-0.3, -0.25) is 4.79 Å². The van der Waals surface area contributed by atoms with Crippen LogP contribution < -0.4 is 15.6 Å². The molecule has 1 aliphatic heterocycles. The van der Waals surface area contributed by atoms with Gasteiger partial charge in [-0.15, -0.1) is 0 Å². The van der Waals surface area contributed by atoms with Crippen molar-refractivity contribution in [3.63, 3.8) is 0 Å². The highest BCUT2D eigenvalue weighted by Crippen LogP contribution is 2.26. The minimum atomic E-state index is -0.275. The Balaban J connectivity index is 1.63. The van der Waals surface area contributed by atoms with Gasteiger partial charge >= 0.3 is 0 Å². The van der Waals surface area contributed by atoms with Crippen molar-refractivity contribution in [3.05, 3.63) is 64.7 Å². The highest BCUT2D eigenvalue weighted by Gasteiger charge is 2.32. The van der Waals surface area contributed by atoms with Crippen molar-refractivity contribution < 1.29 is 9.53 Å². The van der Waals surface area contributed by atoms with Crippen LogP contribution in [0.15, 0.2) is 48.5 Å². The average molecular weight is 374 g/mol. The van der Waals surface area contributed by atoms with Gasteiger partial charge in [0, 0.05) is 30.2 Å². The van der Waals surface area contributed by atoms with E-state index in [0.29, 0.717) is 24.6 Å². The fraction of sp³-hybridized carbons (Fsp3) is 0.350. The lowest BCUT2D eigenvalue weighted by molar-refractivity contribution is -0.132. The van der Waals surface area contributed by atoms with Crippen LogP contribution >= 0.6 is 11.6 Å². The summed E-state index contributed by atoms with van der Waals surface area (Å²) in [5.74, 6) is 0.872. The van der Waals surface area contributed by atoms with Gasteiger partial charge in [-0.05, 0) is 37.1 Å². The molecular weight excluding hydrogens is 350 g/mol. The monoisotopic (exact) mass is 373 g/mol. The van der Waals surface area contributed by atoms with Crippen LogP contribution in [0.4, 0.5) is 0 Å². The van der Waals surface area contributed by atoms with Crippen molar-refractivity contribution in [1.82, 2.24) is 15.8 Å². The number of para-hydroxylation sites is 1. The van der Waals surface area contributed by atoms with Gasteiger partial charge in [0.25, 0.3) is 0 Å². The van der Waals surface area contributed by atoms with Gasteiger partial charge in [0.1, 0.15) is 11.8 Å². The third-order valence-electron chi connectivity index (χ3n) is 4.51. The maximum atomic E-state index is 12.8. The molecule has 1 aliphatic rings. The van der Waals surface area contributed by atoms with E-state index in [1.165, 1.54) is 0 Å². The van der Waals surface area contributed by atoms with Crippen LogP contribution in [-0.2, 0) is 11.3 Å². The standard InChI is InChI=1S/C20H24ClN3O2/c1-3-26-19-10-5-4-7-15(19)13-24(2)20(25)18-12-17(22-23-18)14-8-6-9-16(21)11-14/h4-11,17-18,22-23H,3,12-13H2,1-2H3. The molecule has 0 saturated carbocycles. The smallest absolute Gasteiger partial charge is 0.241 e. The van der Waals surface area contributed by atoms with Crippen LogP contribution in [0.1, 0.15) is 30.5 Å². The number of likely N-dealkylation sites (N-methyl/N-ethyl adjacent to an activating group) is 1. The zero-order valence-electron chi connectivity index (χ0n) is 15.0. The van der Waals surface area contributed by atoms with Gasteiger partial charge in [-0.1, -0.05) is 41.9 Å². The number of nitrogens with one attached hydrogen (secondary N) is 2. The van der Waals surface area contributed by atoms with Crippen LogP contribution in [0.2, 0.25) is 5.02 Å². The van der Waals surface area contributed by atoms with Gasteiger partial charge in [-0.2, -0.15) is 0 Å². The Bertz CT molecular complexity index is 768. The number of carbonyl (C=O) groups excluding carboxylic acids is 1. The molecule has 0 bridgehead atoms. The molecule has 2 N–H and O–H groups in total. The molecule has 1 fully saturated rings. The molecule has 0 radical (unpaired) electrons. The number of benzene rings is 2. The highest BCUT2D eigenvalue weighted by molar-refractivity contribution is 6.30. The summed E-state index contributed by atoms with van der Waals surface area (Å²) in [7, 11) is 1.82. The topological polar surface area (TPSA) is 53.6 Å². The molecule has 1 heterocycles. The molecule has 26 heavy (non-hydrogen) atoms. The fourth-order valence-corrected chi connectivity index (χ4v) is 3.39. The summed E-state index contributed by atoms with van der Waals surface area (Å²) >= 11 is 6.07. The number of hydrogen-bond donors (Lipinski definition) is 2. The molecule has 0 aromatic heterocycles. The first-order valence-corrected chi connectivity index (χ1v) is 9.18. The molecule has 2 aromatic carbocycles. The lowest BCUT2D eigenvalue weighted by atomic mass is 10.0. The maximum absolute atomic E-state index is 12.8. The lowest BCUT2D eigenvalue weighted by Crippen LogP contribution is -2.43. The molecule has 1 amide bonds.